The highest BCUT2D eigenvalue weighted by molar-refractivity contribution is 5.68. The second-order valence-electron chi connectivity index (χ2n) is 7.58. The van der Waals surface area contributed by atoms with E-state index in [-0.39, 0.29) is 11.7 Å². The maximum absolute atomic E-state index is 12.1. The maximum atomic E-state index is 12.1. The predicted octanol–water partition coefficient (Wildman–Crippen LogP) is 3.98. The van der Waals surface area contributed by atoms with Crippen LogP contribution in [0.5, 0.6) is 0 Å². The summed E-state index contributed by atoms with van der Waals surface area (Å²) in [5, 5.41) is 0. The van der Waals surface area contributed by atoms with Gasteiger partial charge in [0, 0.05) is 19.7 Å². The van der Waals surface area contributed by atoms with Gasteiger partial charge < -0.3 is 14.4 Å². The number of carbonyl (C=O) groups is 1. The first kappa shape index (κ1) is 16.6. The summed E-state index contributed by atoms with van der Waals surface area (Å²) in [4.78, 5) is 13.9. The Morgan fingerprint density at radius 3 is 2.33 bits per heavy atom. The van der Waals surface area contributed by atoms with Crippen molar-refractivity contribution in [1.82, 2.24) is 4.90 Å². The van der Waals surface area contributed by atoms with Crippen LogP contribution < -0.4 is 0 Å². The molecule has 1 aliphatic carbocycles. The Morgan fingerprint density at radius 2 is 1.86 bits per heavy atom. The van der Waals surface area contributed by atoms with Crippen molar-refractivity contribution >= 4 is 6.09 Å². The Hall–Kier alpha value is -0.770. The van der Waals surface area contributed by atoms with Crippen LogP contribution in [0.4, 0.5) is 4.79 Å². The zero-order chi connectivity index (χ0) is 15.5. The number of hydrogen-bond donors (Lipinski definition) is 0. The van der Waals surface area contributed by atoms with Gasteiger partial charge in [0.1, 0.15) is 5.60 Å². The van der Waals surface area contributed by atoms with Crippen molar-refractivity contribution in [2.45, 2.75) is 77.4 Å². The Labute approximate surface area is 129 Å². The molecule has 1 heterocycles. The van der Waals surface area contributed by atoms with E-state index in [9.17, 15) is 4.79 Å². The van der Waals surface area contributed by atoms with Gasteiger partial charge in [-0.05, 0) is 52.4 Å². The molecule has 0 atom stereocenters. The van der Waals surface area contributed by atoms with E-state index in [4.69, 9.17) is 9.47 Å². The van der Waals surface area contributed by atoms with E-state index in [1.165, 1.54) is 19.3 Å². The lowest BCUT2D eigenvalue weighted by molar-refractivity contribution is -0.0882. The van der Waals surface area contributed by atoms with Crippen molar-refractivity contribution in [1.29, 1.82) is 0 Å². The van der Waals surface area contributed by atoms with Gasteiger partial charge in [0.25, 0.3) is 0 Å². The molecular weight excluding hydrogens is 266 g/mol. The van der Waals surface area contributed by atoms with E-state index in [2.05, 4.69) is 6.92 Å². The molecule has 1 saturated heterocycles. The maximum Gasteiger partial charge on any atom is 0.410 e. The van der Waals surface area contributed by atoms with Crippen molar-refractivity contribution in [3.8, 4) is 0 Å². The monoisotopic (exact) mass is 297 g/mol. The summed E-state index contributed by atoms with van der Waals surface area (Å²) < 4.78 is 11.7. The van der Waals surface area contributed by atoms with E-state index in [1.807, 2.05) is 25.7 Å². The first-order chi connectivity index (χ1) is 9.84. The second kappa shape index (κ2) is 6.55. The van der Waals surface area contributed by atoms with Crippen LogP contribution in [0, 0.1) is 5.92 Å². The zero-order valence-corrected chi connectivity index (χ0v) is 14.1. The van der Waals surface area contributed by atoms with E-state index in [0.717, 1.165) is 44.9 Å². The molecule has 122 valence electrons. The summed E-state index contributed by atoms with van der Waals surface area (Å²) >= 11 is 0. The minimum absolute atomic E-state index is 0.0204. The van der Waals surface area contributed by atoms with Gasteiger partial charge in [-0.25, -0.2) is 4.79 Å². The van der Waals surface area contributed by atoms with Gasteiger partial charge in [-0.3, -0.25) is 0 Å². The largest absolute Gasteiger partial charge is 0.444 e. The fourth-order valence-electron chi connectivity index (χ4n) is 2.87. The van der Waals surface area contributed by atoms with E-state index < -0.39 is 5.60 Å². The van der Waals surface area contributed by atoms with Gasteiger partial charge in [0.2, 0.25) is 0 Å². The summed E-state index contributed by atoms with van der Waals surface area (Å²) in [5.74, 6) is 0.917. The third-order valence-electron chi connectivity index (χ3n) is 4.60. The number of carbonyl (C=O) groups excluding carboxylic acids is 1. The number of ether oxygens (including phenoxy) is 2. The van der Waals surface area contributed by atoms with Gasteiger partial charge >= 0.3 is 6.09 Å². The first-order valence-corrected chi connectivity index (χ1v) is 8.45. The lowest BCUT2D eigenvalue weighted by Gasteiger charge is -2.41. The average molecular weight is 297 g/mol. The van der Waals surface area contributed by atoms with Crippen molar-refractivity contribution in [3.05, 3.63) is 0 Å². The first-order valence-electron chi connectivity index (χ1n) is 8.45. The molecule has 1 amide bonds. The van der Waals surface area contributed by atoms with Gasteiger partial charge in [-0.1, -0.05) is 19.8 Å². The van der Waals surface area contributed by atoms with Crippen LogP contribution in [0.15, 0.2) is 0 Å². The molecule has 0 aromatic carbocycles. The zero-order valence-electron chi connectivity index (χ0n) is 14.1. The molecule has 0 aromatic heterocycles. The molecule has 1 saturated carbocycles. The topological polar surface area (TPSA) is 38.8 Å². The Bertz CT molecular complexity index is 350. The Balaban J connectivity index is 1.77. The van der Waals surface area contributed by atoms with Crippen LogP contribution in [-0.2, 0) is 9.47 Å². The summed E-state index contributed by atoms with van der Waals surface area (Å²) in [7, 11) is 0. The van der Waals surface area contributed by atoms with Crippen molar-refractivity contribution < 1.29 is 14.3 Å². The minimum Gasteiger partial charge on any atom is -0.444 e. The van der Waals surface area contributed by atoms with Crippen LogP contribution in [0.3, 0.4) is 0 Å². The molecule has 4 heteroatoms. The molecule has 2 rings (SSSR count). The van der Waals surface area contributed by atoms with Gasteiger partial charge in [0.05, 0.1) is 5.60 Å². The van der Waals surface area contributed by atoms with Gasteiger partial charge in [-0.2, -0.15) is 0 Å². The molecule has 21 heavy (non-hydrogen) atoms. The highest BCUT2D eigenvalue weighted by Crippen LogP contribution is 2.35. The van der Waals surface area contributed by atoms with Crippen molar-refractivity contribution in [2.75, 3.05) is 19.7 Å². The number of amides is 1. The third-order valence-corrected chi connectivity index (χ3v) is 4.60. The quantitative estimate of drug-likeness (QED) is 0.770. The van der Waals surface area contributed by atoms with Crippen LogP contribution in [0.1, 0.15) is 66.2 Å². The number of piperidine rings is 1. The molecule has 0 bridgehead atoms. The fraction of sp³-hybridized carbons (Fsp3) is 0.941. The Kier molecular flexibility index (Phi) is 5.18. The van der Waals surface area contributed by atoms with Gasteiger partial charge in [-0.15, -0.1) is 0 Å². The highest BCUT2D eigenvalue weighted by atomic mass is 16.6. The SMILES string of the molecule is CCC1(OCCC2CC2)CCN(C(=O)OC(C)(C)C)CC1. The van der Waals surface area contributed by atoms with Crippen molar-refractivity contribution in [2.24, 2.45) is 5.92 Å². The molecule has 2 fully saturated rings. The Morgan fingerprint density at radius 1 is 1.24 bits per heavy atom. The van der Waals surface area contributed by atoms with Gasteiger partial charge in [0.15, 0.2) is 0 Å². The molecule has 0 aromatic rings. The molecule has 1 aliphatic heterocycles. The molecule has 0 N–H and O–H groups in total. The molecule has 4 nitrogen and oxygen atoms in total. The van der Waals surface area contributed by atoms with E-state index >= 15 is 0 Å². The third kappa shape index (κ3) is 5.17. The normalized spacial score (nSPS) is 22.2. The number of rotatable bonds is 5. The summed E-state index contributed by atoms with van der Waals surface area (Å²) in [6.45, 7) is 10.3. The number of nitrogens with zero attached hydrogens (tertiary/aromatic N) is 1. The molecule has 0 spiro atoms. The standard InChI is InChI=1S/C17H31NO3/c1-5-17(20-13-8-14-6-7-14)9-11-18(12-10-17)15(19)21-16(2,3)4/h14H,5-13H2,1-4H3. The van der Waals surface area contributed by atoms with E-state index in [0.29, 0.717) is 0 Å². The molecular formula is C17H31NO3. The number of likely N-dealkylation sites (tertiary alicyclic amines) is 1. The summed E-state index contributed by atoms with van der Waals surface area (Å²) in [6.07, 6.45) is 6.66. The highest BCUT2D eigenvalue weighted by Gasteiger charge is 2.37. The number of hydrogen-bond acceptors (Lipinski definition) is 3. The summed E-state index contributed by atoms with van der Waals surface area (Å²) in [5.41, 5.74) is -0.440. The minimum atomic E-state index is -0.420. The van der Waals surface area contributed by atoms with Crippen LogP contribution in [0.25, 0.3) is 0 Å². The molecule has 0 radical (unpaired) electrons. The molecule has 2 aliphatic rings. The lowest BCUT2D eigenvalue weighted by Crippen LogP contribution is -2.49. The second-order valence-corrected chi connectivity index (χ2v) is 7.58. The molecule has 0 unspecified atom stereocenters. The predicted molar refractivity (Wildman–Crippen MR) is 83.4 cm³/mol. The summed E-state index contributed by atoms with van der Waals surface area (Å²) in [6, 6.07) is 0. The van der Waals surface area contributed by atoms with Crippen LogP contribution in [0.2, 0.25) is 0 Å². The average Bonchev–Trinajstić information content (AvgIpc) is 3.21. The smallest absolute Gasteiger partial charge is 0.410 e. The lowest BCUT2D eigenvalue weighted by atomic mass is 9.88. The fourth-order valence-corrected chi connectivity index (χ4v) is 2.87. The van der Waals surface area contributed by atoms with Crippen LogP contribution in [-0.4, -0.2) is 41.9 Å². The van der Waals surface area contributed by atoms with E-state index in [1.54, 1.807) is 0 Å². The van der Waals surface area contributed by atoms with Crippen LogP contribution >= 0.6 is 0 Å². The van der Waals surface area contributed by atoms with Crippen molar-refractivity contribution in [3.63, 3.8) is 0 Å².